The summed E-state index contributed by atoms with van der Waals surface area (Å²) >= 11 is 1.24. The molecule has 23 N–H and O–H groups in total. The van der Waals surface area contributed by atoms with Gasteiger partial charge in [-0.2, -0.15) is 0 Å². The molecule has 0 unspecified atom stereocenters. The highest BCUT2D eigenvalue weighted by Crippen LogP contribution is 2.27. The number of aliphatic imine (C=N–C) groups is 3. The first kappa shape index (κ1) is 71.3. The van der Waals surface area contributed by atoms with E-state index < -0.39 is 133 Å². The Hall–Kier alpha value is -9.47. The number of carboxylic acid groups (broad SMARTS) is 1. The topological polar surface area (TPSA) is 533 Å². The molecule has 2 aliphatic rings. The Morgan fingerprint density at radius 2 is 1.20 bits per heavy atom. The summed E-state index contributed by atoms with van der Waals surface area (Å²) in [6, 6.07) is 9.12. The Kier molecular flexibility index (Phi) is 28.6. The maximum Gasteiger partial charge on any atom is 0.326 e. The van der Waals surface area contributed by atoms with E-state index in [1.807, 2.05) is 0 Å². The smallest absolute Gasteiger partial charge is 0.326 e. The SMILES string of the molecule is NC(N)=NCCC[C@@H](N)C(=O)N[C@@H](CCCN=C(N)N)C(=O)N1CCC[C@H]1C(=O)N1C[C@H](O)C[C@H]1C(=O)NCC(=O)N[C@@H](Cc1cccs1)C(=O)N[C@@H](CO)C(=O)N[C@H](Cc1ccccc1)C(=O)N(CC(=O)N[C@@H](CCCN=C(N)N)C(=O)O)c1ccccc1. The molecule has 2 aliphatic heterocycles. The lowest BCUT2D eigenvalue weighted by atomic mass is 10.0. The minimum absolute atomic E-state index is 0.0588. The van der Waals surface area contributed by atoms with Crippen LogP contribution in [0.1, 0.15) is 68.2 Å². The quantitative estimate of drug-likeness (QED) is 0.0148. The normalized spacial score (nSPS) is 17.1. The summed E-state index contributed by atoms with van der Waals surface area (Å²) in [7, 11) is 0. The van der Waals surface area contributed by atoms with Crippen molar-refractivity contribution in [3.63, 3.8) is 0 Å². The van der Waals surface area contributed by atoms with Crippen LogP contribution in [0.3, 0.4) is 0 Å². The van der Waals surface area contributed by atoms with E-state index in [2.05, 4.69) is 46.9 Å². The molecule has 2 saturated heterocycles. The number of aliphatic carboxylic acids is 1. The summed E-state index contributed by atoms with van der Waals surface area (Å²) in [5, 5.41) is 48.3. The Morgan fingerprint density at radius 1 is 0.633 bits per heavy atom. The fourth-order valence-corrected chi connectivity index (χ4v) is 10.8. The Balaban J connectivity index is 1.27. The third-order valence-corrected chi connectivity index (χ3v) is 15.4. The van der Waals surface area contributed by atoms with Crippen LogP contribution in [-0.2, 0) is 60.8 Å². The fourth-order valence-electron chi connectivity index (χ4n) is 10.1. The highest BCUT2D eigenvalue weighted by atomic mass is 32.1. The zero-order valence-electron chi connectivity index (χ0n) is 49.7. The first-order valence-electron chi connectivity index (χ1n) is 29.2. The van der Waals surface area contributed by atoms with Crippen LogP contribution >= 0.6 is 11.3 Å². The number of thiophene rings is 1. The predicted octanol–water partition coefficient (Wildman–Crippen LogP) is -5.38. The predicted molar refractivity (Wildman–Crippen MR) is 333 cm³/mol. The average molecular weight is 1270 g/mol. The Morgan fingerprint density at radius 3 is 1.79 bits per heavy atom. The van der Waals surface area contributed by atoms with Gasteiger partial charge in [0, 0.05) is 62.6 Å². The highest BCUT2D eigenvalue weighted by Gasteiger charge is 2.46. The van der Waals surface area contributed by atoms with E-state index in [1.165, 1.54) is 28.4 Å². The van der Waals surface area contributed by atoms with Crippen molar-refractivity contribution in [2.45, 2.75) is 125 Å². The van der Waals surface area contributed by atoms with Crippen LogP contribution in [0.5, 0.6) is 0 Å². The van der Waals surface area contributed by atoms with Crippen LogP contribution < -0.4 is 76.9 Å². The van der Waals surface area contributed by atoms with Crippen molar-refractivity contribution in [2.24, 2.45) is 55.1 Å². The zero-order valence-corrected chi connectivity index (χ0v) is 50.5. The molecular weight excluding hydrogens is 1190 g/mol. The van der Waals surface area contributed by atoms with Gasteiger partial charge < -0.3 is 102 Å². The summed E-state index contributed by atoms with van der Waals surface area (Å²) in [5.74, 6) is -9.16. The van der Waals surface area contributed by atoms with Crippen molar-refractivity contribution >= 4 is 94.0 Å². The number of aliphatic hydroxyl groups is 2. The van der Waals surface area contributed by atoms with Gasteiger partial charge >= 0.3 is 5.97 Å². The number of rotatable bonds is 35. The first-order chi connectivity index (χ1) is 42.9. The number of hydrogen-bond acceptors (Lipinski definition) is 17. The number of carboxylic acids is 1. The number of para-hydroxylation sites is 1. The van der Waals surface area contributed by atoms with E-state index in [1.54, 1.807) is 66.0 Å². The van der Waals surface area contributed by atoms with Gasteiger partial charge in [-0.05, 0) is 80.5 Å². The van der Waals surface area contributed by atoms with Gasteiger partial charge in [-0.1, -0.05) is 54.6 Å². The molecule has 9 amide bonds. The van der Waals surface area contributed by atoms with Crippen molar-refractivity contribution in [1.29, 1.82) is 0 Å². The van der Waals surface area contributed by atoms with Crippen molar-refractivity contribution in [1.82, 2.24) is 41.7 Å². The number of β-amino-alcohol motifs (C(OH)–C–C–N with tert-alkyl or cyclic N) is 1. The Bertz CT molecular complexity index is 3000. The summed E-state index contributed by atoms with van der Waals surface area (Å²) in [4.78, 5) is 154. The molecular formula is C57H83N19O13S. The van der Waals surface area contributed by atoms with Crippen LogP contribution in [0, 0.1) is 0 Å². The van der Waals surface area contributed by atoms with E-state index in [0.29, 0.717) is 23.3 Å². The average Bonchev–Trinajstić information content (AvgIpc) is 1.66. The number of likely N-dealkylation sites (tertiary alicyclic amines) is 2. The molecule has 5 rings (SSSR count). The highest BCUT2D eigenvalue weighted by molar-refractivity contribution is 7.09. The summed E-state index contributed by atoms with van der Waals surface area (Å²) < 4.78 is 0. The molecule has 2 fully saturated rings. The largest absolute Gasteiger partial charge is 0.480 e. The van der Waals surface area contributed by atoms with E-state index in [9.17, 15) is 63.3 Å². The molecule has 0 spiro atoms. The molecule has 0 saturated carbocycles. The third kappa shape index (κ3) is 22.9. The number of hydrogen-bond donors (Lipinski definition) is 16. The van der Waals surface area contributed by atoms with Gasteiger partial charge in [0.2, 0.25) is 53.2 Å². The van der Waals surface area contributed by atoms with Crippen LogP contribution in [0.25, 0.3) is 0 Å². The standard InChI is InChI=1S/C57H83N19O13S/c58-37(17-7-21-65-55(59)60)47(81)71-38(18-8-22-66-56(61)62)51(85)74-24-10-20-43(74)53(87)76-30-35(78)27-44(76)50(84)68-29-45(79)70-40(28-36-16-11-25-90-36)48(82)73-42(32-77)49(83)72-41(26-33-12-3-1-4-13-33)52(86)75(34-14-5-2-6-15-34)31-46(80)69-39(54(88)89)19-9-23-67-57(63)64/h1-6,11-16,25,35,37-44,77-78H,7-10,17-24,26-32,58H2,(H,68,84)(H,69,80)(H,70,79)(H,71,81)(H,72,83)(H,73,82)(H,88,89)(H4,59,60,65)(H4,61,62,66)(H4,63,64,67)/t35-,37-,38+,39+,40+,41-,42+,43+,44+/m1/s1. The molecule has 32 nitrogen and oxygen atoms in total. The number of carbonyl (C=O) groups is 10. The van der Waals surface area contributed by atoms with E-state index in [0.717, 1.165) is 9.80 Å². The monoisotopic (exact) mass is 1270 g/mol. The second-order valence-electron chi connectivity index (χ2n) is 21.4. The Labute approximate surface area is 523 Å². The zero-order chi connectivity index (χ0) is 65.9. The van der Waals surface area contributed by atoms with E-state index in [-0.39, 0.29) is 114 Å². The molecule has 1 aromatic heterocycles. The molecule has 33 heteroatoms. The lowest BCUT2D eigenvalue weighted by Crippen LogP contribution is -2.60. The van der Waals surface area contributed by atoms with Crippen molar-refractivity contribution in [2.75, 3.05) is 57.3 Å². The van der Waals surface area contributed by atoms with Crippen LogP contribution in [0.2, 0.25) is 0 Å². The number of nitrogens with two attached hydrogens (primary N) is 7. The van der Waals surface area contributed by atoms with E-state index >= 15 is 0 Å². The van der Waals surface area contributed by atoms with Crippen LogP contribution in [0.15, 0.2) is 93.2 Å². The van der Waals surface area contributed by atoms with Gasteiger partial charge in [0.05, 0.1) is 25.3 Å². The van der Waals surface area contributed by atoms with Gasteiger partial charge in [0.1, 0.15) is 48.8 Å². The van der Waals surface area contributed by atoms with E-state index in [4.69, 9.17) is 40.1 Å². The first-order valence-corrected chi connectivity index (χ1v) is 30.1. The van der Waals surface area contributed by atoms with Crippen LogP contribution in [0.4, 0.5) is 5.69 Å². The van der Waals surface area contributed by atoms with Gasteiger partial charge in [0.25, 0.3) is 0 Å². The third-order valence-electron chi connectivity index (χ3n) is 14.5. The number of nitrogens with one attached hydrogen (secondary N) is 6. The van der Waals surface area contributed by atoms with Gasteiger partial charge in [-0.3, -0.25) is 58.1 Å². The number of aliphatic hydroxyl groups excluding tert-OH is 2. The van der Waals surface area contributed by atoms with Gasteiger partial charge in [0.15, 0.2) is 17.9 Å². The summed E-state index contributed by atoms with van der Waals surface area (Å²) in [5.41, 5.74) is 39.4. The number of carbonyl (C=O) groups excluding carboxylic acids is 9. The van der Waals surface area contributed by atoms with Crippen molar-refractivity contribution in [3.8, 4) is 0 Å². The number of benzene rings is 2. The minimum atomic E-state index is -1.74. The second kappa shape index (κ2) is 36.1. The van der Waals surface area contributed by atoms with Crippen LogP contribution in [-0.4, -0.2) is 209 Å². The molecule has 2 aromatic carbocycles. The number of anilines is 1. The summed E-state index contributed by atoms with van der Waals surface area (Å²) in [6.45, 7) is -2.19. The van der Waals surface area contributed by atoms with Gasteiger partial charge in [-0.25, -0.2) is 4.79 Å². The summed E-state index contributed by atoms with van der Waals surface area (Å²) in [6.07, 6.45) is -0.136. The molecule has 0 radical (unpaired) electrons. The number of guanidine groups is 3. The van der Waals surface area contributed by atoms with Crippen molar-refractivity contribution < 1.29 is 63.3 Å². The molecule has 3 aromatic rings. The molecule has 0 bridgehead atoms. The molecule has 9 atom stereocenters. The number of nitrogens with zero attached hydrogens (tertiary/aromatic N) is 6. The molecule has 90 heavy (non-hydrogen) atoms. The number of amides is 9. The fraction of sp³-hybridized carbons (Fsp3) is 0.491. The maximum absolute atomic E-state index is 14.7. The lowest BCUT2D eigenvalue weighted by molar-refractivity contribution is -0.148. The molecule has 490 valence electrons. The maximum atomic E-state index is 14.7. The lowest BCUT2D eigenvalue weighted by Gasteiger charge is -2.33. The van der Waals surface area contributed by atoms with Crippen molar-refractivity contribution in [3.05, 3.63) is 88.6 Å². The van der Waals surface area contributed by atoms with Gasteiger partial charge in [-0.15, -0.1) is 11.3 Å². The molecule has 0 aliphatic carbocycles. The molecule has 3 heterocycles. The second-order valence-corrected chi connectivity index (χ2v) is 22.5. The minimum Gasteiger partial charge on any atom is -0.480 e.